The Morgan fingerprint density at radius 2 is 2.15 bits per heavy atom. The standard InChI is InChI=1S/C14H18BrN3OS/c1-3-20-9-10(2)16-8-13-17-18-14(19-13)11-6-4-5-7-12(11)15/h4-7,10,16H,3,8-9H2,1-2H3. The van der Waals surface area contributed by atoms with Crippen molar-refractivity contribution in [2.75, 3.05) is 11.5 Å². The van der Waals surface area contributed by atoms with Gasteiger partial charge in [0.15, 0.2) is 0 Å². The fourth-order valence-electron chi connectivity index (χ4n) is 1.68. The Balaban J connectivity index is 1.94. The minimum Gasteiger partial charge on any atom is -0.419 e. The summed E-state index contributed by atoms with van der Waals surface area (Å²) in [5.74, 6) is 3.38. The third-order valence-electron chi connectivity index (χ3n) is 2.74. The first-order valence-corrected chi connectivity index (χ1v) is 8.54. The number of benzene rings is 1. The van der Waals surface area contributed by atoms with Crippen molar-refractivity contribution in [3.8, 4) is 11.5 Å². The Labute approximate surface area is 131 Å². The van der Waals surface area contributed by atoms with Crippen LogP contribution in [0.5, 0.6) is 0 Å². The molecule has 0 aliphatic rings. The van der Waals surface area contributed by atoms with E-state index in [1.165, 1.54) is 0 Å². The van der Waals surface area contributed by atoms with Gasteiger partial charge in [-0.1, -0.05) is 19.1 Å². The second kappa shape index (κ2) is 7.81. The molecule has 2 rings (SSSR count). The lowest BCUT2D eigenvalue weighted by Crippen LogP contribution is -2.27. The van der Waals surface area contributed by atoms with Gasteiger partial charge in [0.05, 0.1) is 12.1 Å². The quantitative estimate of drug-likeness (QED) is 0.819. The van der Waals surface area contributed by atoms with Gasteiger partial charge in [-0.05, 0) is 40.7 Å². The van der Waals surface area contributed by atoms with E-state index in [4.69, 9.17) is 4.42 Å². The summed E-state index contributed by atoms with van der Waals surface area (Å²) in [5, 5.41) is 11.6. The molecular weight excluding hydrogens is 338 g/mol. The van der Waals surface area contributed by atoms with Gasteiger partial charge in [0.1, 0.15) is 0 Å². The molecule has 0 bridgehead atoms. The van der Waals surface area contributed by atoms with E-state index < -0.39 is 0 Å². The largest absolute Gasteiger partial charge is 0.419 e. The highest BCUT2D eigenvalue weighted by Gasteiger charge is 2.11. The second-order valence-electron chi connectivity index (χ2n) is 4.42. The van der Waals surface area contributed by atoms with E-state index in [1.54, 1.807) is 0 Å². The summed E-state index contributed by atoms with van der Waals surface area (Å²) in [6.45, 7) is 4.93. The fourth-order valence-corrected chi connectivity index (χ4v) is 2.85. The molecule has 108 valence electrons. The third-order valence-corrected chi connectivity index (χ3v) is 4.58. The van der Waals surface area contributed by atoms with Crippen LogP contribution in [0.15, 0.2) is 33.2 Å². The predicted octanol–water partition coefficient (Wildman–Crippen LogP) is 3.73. The molecule has 0 spiro atoms. The van der Waals surface area contributed by atoms with Crippen LogP contribution in [0, 0.1) is 0 Å². The molecule has 0 aliphatic heterocycles. The van der Waals surface area contributed by atoms with Crippen LogP contribution in [0.3, 0.4) is 0 Å². The molecule has 20 heavy (non-hydrogen) atoms. The smallest absolute Gasteiger partial charge is 0.248 e. The van der Waals surface area contributed by atoms with Crippen LogP contribution in [0.25, 0.3) is 11.5 Å². The van der Waals surface area contributed by atoms with Gasteiger partial charge in [0.25, 0.3) is 0 Å². The van der Waals surface area contributed by atoms with Crippen molar-refractivity contribution >= 4 is 27.7 Å². The van der Waals surface area contributed by atoms with E-state index in [0.29, 0.717) is 24.4 Å². The summed E-state index contributed by atoms with van der Waals surface area (Å²) < 4.78 is 6.64. The Hall–Kier alpha value is -0.850. The van der Waals surface area contributed by atoms with Gasteiger partial charge in [-0.25, -0.2) is 0 Å². The Morgan fingerprint density at radius 3 is 2.90 bits per heavy atom. The molecule has 0 saturated heterocycles. The zero-order chi connectivity index (χ0) is 14.4. The van der Waals surface area contributed by atoms with E-state index >= 15 is 0 Å². The van der Waals surface area contributed by atoms with E-state index in [0.717, 1.165) is 21.5 Å². The minimum absolute atomic E-state index is 0.429. The molecule has 0 aliphatic carbocycles. The van der Waals surface area contributed by atoms with Gasteiger partial charge in [0, 0.05) is 16.3 Å². The summed E-state index contributed by atoms with van der Waals surface area (Å²) in [5.41, 5.74) is 0.917. The number of nitrogens with one attached hydrogen (secondary N) is 1. The molecule has 2 aromatic rings. The topological polar surface area (TPSA) is 51.0 Å². The van der Waals surface area contributed by atoms with Gasteiger partial charge in [-0.3, -0.25) is 0 Å². The molecule has 1 atom stereocenters. The average Bonchev–Trinajstić information content (AvgIpc) is 2.92. The van der Waals surface area contributed by atoms with Crippen molar-refractivity contribution in [1.29, 1.82) is 0 Å². The van der Waals surface area contributed by atoms with Gasteiger partial charge in [0.2, 0.25) is 11.8 Å². The Kier molecular flexibility index (Phi) is 6.06. The van der Waals surface area contributed by atoms with Crippen molar-refractivity contribution in [2.45, 2.75) is 26.4 Å². The molecular formula is C14H18BrN3OS. The van der Waals surface area contributed by atoms with Crippen molar-refractivity contribution in [3.05, 3.63) is 34.6 Å². The lowest BCUT2D eigenvalue weighted by Gasteiger charge is -2.10. The lowest BCUT2D eigenvalue weighted by atomic mass is 10.2. The van der Waals surface area contributed by atoms with Crippen LogP contribution >= 0.6 is 27.7 Å². The molecule has 1 heterocycles. The van der Waals surface area contributed by atoms with Crippen molar-refractivity contribution in [2.24, 2.45) is 0 Å². The summed E-state index contributed by atoms with van der Waals surface area (Å²) in [6, 6.07) is 8.25. The van der Waals surface area contributed by atoms with Gasteiger partial charge < -0.3 is 9.73 Å². The number of aromatic nitrogens is 2. The Morgan fingerprint density at radius 1 is 1.35 bits per heavy atom. The van der Waals surface area contributed by atoms with Gasteiger partial charge in [-0.2, -0.15) is 11.8 Å². The second-order valence-corrected chi connectivity index (χ2v) is 6.60. The summed E-state index contributed by atoms with van der Waals surface area (Å²) >= 11 is 5.41. The highest BCUT2D eigenvalue weighted by molar-refractivity contribution is 9.10. The summed E-state index contributed by atoms with van der Waals surface area (Å²) in [6.07, 6.45) is 0. The van der Waals surface area contributed by atoms with Gasteiger partial charge >= 0.3 is 0 Å². The van der Waals surface area contributed by atoms with Crippen LogP contribution in [0.1, 0.15) is 19.7 Å². The lowest BCUT2D eigenvalue weighted by molar-refractivity contribution is 0.460. The first kappa shape index (κ1) is 15.5. The first-order valence-electron chi connectivity index (χ1n) is 6.59. The normalized spacial score (nSPS) is 12.6. The molecule has 1 N–H and O–H groups in total. The predicted molar refractivity (Wildman–Crippen MR) is 86.7 cm³/mol. The summed E-state index contributed by atoms with van der Waals surface area (Å²) in [7, 11) is 0. The maximum absolute atomic E-state index is 5.68. The summed E-state index contributed by atoms with van der Waals surface area (Å²) in [4.78, 5) is 0. The third kappa shape index (κ3) is 4.33. The molecule has 0 radical (unpaired) electrons. The van der Waals surface area contributed by atoms with Crippen LogP contribution in [0.4, 0.5) is 0 Å². The van der Waals surface area contributed by atoms with E-state index in [-0.39, 0.29) is 0 Å². The van der Waals surface area contributed by atoms with Crippen LogP contribution in [-0.2, 0) is 6.54 Å². The number of nitrogens with zero attached hydrogens (tertiary/aromatic N) is 2. The van der Waals surface area contributed by atoms with E-state index in [1.807, 2.05) is 36.0 Å². The number of rotatable bonds is 7. The van der Waals surface area contributed by atoms with Crippen LogP contribution < -0.4 is 5.32 Å². The van der Waals surface area contributed by atoms with Crippen molar-refractivity contribution in [1.82, 2.24) is 15.5 Å². The highest BCUT2D eigenvalue weighted by atomic mass is 79.9. The number of thioether (sulfide) groups is 1. The molecule has 1 aromatic carbocycles. The number of halogens is 1. The average molecular weight is 356 g/mol. The number of hydrogen-bond acceptors (Lipinski definition) is 5. The zero-order valence-corrected chi connectivity index (χ0v) is 14.0. The maximum atomic E-state index is 5.68. The SMILES string of the molecule is CCSCC(C)NCc1nnc(-c2ccccc2Br)o1. The molecule has 0 amide bonds. The maximum Gasteiger partial charge on any atom is 0.248 e. The van der Waals surface area contributed by atoms with E-state index in [9.17, 15) is 0 Å². The van der Waals surface area contributed by atoms with Gasteiger partial charge in [-0.15, -0.1) is 10.2 Å². The molecule has 0 fully saturated rings. The molecule has 6 heteroatoms. The van der Waals surface area contributed by atoms with Crippen molar-refractivity contribution < 1.29 is 4.42 Å². The van der Waals surface area contributed by atoms with E-state index in [2.05, 4.69) is 45.3 Å². The molecule has 1 unspecified atom stereocenters. The van der Waals surface area contributed by atoms with Crippen LogP contribution in [0.2, 0.25) is 0 Å². The zero-order valence-electron chi connectivity index (χ0n) is 11.6. The Bertz CT molecular complexity index is 547. The molecule has 4 nitrogen and oxygen atoms in total. The first-order chi connectivity index (χ1) is 9.70. The minimum atomic E-state index is 0.429. The monoisotopic (exact) mass is 355 g/mol. The van der Waals surface area contributed by atoms with Crippen LogP contribution in [-0.4, -0.2) is 27.7 Å². The molecule has 1 aromatic heterocycles. The molecule has 0 saturated carbocycles. The van der Waals surface area contributed by atoms with Crippen molar-refractivity contribution in [3.63, 3.8) is 0 Å². The highest BCUT2D eigenvalue weighted by Crippen LogP contribution is 2.26. The fraction of sp³-hybridized carbons (Fsp3) is 0.429. The number of hydrogen-bond donors (Lipinski definition) is 1.